The predicted molar refractivity (Wildman–Crippen MR) is 86.0 cm³/mol. The highest BCUT2D eigenvalue weighted by Crippen LogP contribution is 2.27. The summed E-state index contributed by atoms with van der Waals surface area (Å²) < 4.78 is 0.854. The zero-order valence-electron chi connectivity index (χ0n) is 12.6. The molecule has 0 radical (unpaired) electrons. The molecule has 0 heterocycles. The molecule has 0 aromatic heterocycles. The molecular formula is C15H23BrN2O2. The summed E-state index contributed by atoms with van der Waals surface area (Å²) in [5.74, 6) is 0.119. The molecule has 20 heavy (non-hydrogen) atoms. The van der Waals surface area contributed by atoms with E-state index in [1.54, 1.807) is 6.92 Å². The number of likely N-dealkylation sites (N-methyl/N-ethyl adjacent to an activating group) is 2. The highest BCUT2D eigenvalue weighted by Gasteiger charge is 2.14. The van der Waals surface area contributed by atoms with Crippen molar-refractivity contribution in [3.63, 3.8) is 0 Å². The highest BCUT2D eigenvalue weighted by atomic mass is 79.9. The Bertz CT molecular complexity index is 459. The summed E-state index contributed by atoms with van der Waals surface area (Å²) in [4.78, 5) is 15.8. The van der Waals surface area contributed by atoms with Gasteiger partial charge >= 0.3 is 0 Å². The van der Waals surface area contributed by atoms with E-state index < -0.39 is 6.10 Å². The van der Waals surface area contributed by atoms with Gasteiger partial charge < -0.3 is 14.9 Å². The average Bonchev–Trinajstić information content (AvgIpc) is 2.39. The Morgan fingerprint density at radius 1 is 1.35 bits per heavy atom. The maximum absolute atomic E-state index is 12.1. The van der Waals surface area contributed by atoms with E-state index in [1.165, 1.54) is 0 Å². The third-order valence-electron chi connectivity index (χ3n) is 3.36. The second kappa shape index (κ2) is 7.64. The van der Waals surface area contributed by atoms with E-state index in [9.17, 15) is 9.90 Å². The van der Waals surface area contributed by atoms with E-state index in [2.05, 4.69) is 15.9 Å². The molecule has 1 rings (SSSR count). The first kappa shape index (κ1) is 17.0. The molecule has 0 aliphatic carbocycles. The van der Waals surface area contributed by atoms with Crippen LogP contribution in [0, 0.1) is 0 Å². The van der Waals surface area contributed by atoms with Gasteiger partial charge in [0.15, 0.2) is 0 Å². The van der Waals surface area contributed by atoms with E-state index in [0.717, 1.165) is 28.8 Å². The normalized spacial score (nSPS) is 12.1. The number of hydrogen-bond donors (Lipinski definition) is 1. The molecule has 5 heteroatoms. The first-order valence-corrected chi connectivity index (χ1v) is 7.66. The lowest BCUT2D eigenvalue weighted by atomic mass is 10.1. The van der Waals surface area contributed by atoms with Gasteiger partial charge in [-0.1, -0.05) is 22.0 Å². The van der Waals surface area contributed by atoms with Gasteiger partial charge in [-0.2, -0.15) is 0 Å². The molecule has 1 unspecified atom stereocenters. The number of benzene rings is 1. The molecule has 0 saturated carbocycles. The number of aliphatic hydroxyl groups is 1. The summed E-state index contributed by atoms with van der Waals surface area (Å²) in [6, 6.07) is 5.72. The minimum absolute atomic E-state index is 0.119. The van der Waals surface area contributed by atoms with Crippen LogP contribution in [-0.4, -0.2) is 42.6 Å². The first-order valence-electron chi connectivity index (χ1n) is 6.87. The molecule has 1 amide bonds. The van der Waals surface area contributed by atoms with Crippen LogP contribution in [0.1, 0.15) is 32.4 Å². The van der Waals surface area contributed by atoms with Crippen molar-refractivity contribution in [3.05, 3.63) is 28.2 Å². The van der Waals surface area contributed by atoms with Crippen molar-refractivity contribution in [2.75, 3.05) is 31.6 Å². The van der Waals surface area contributed by atoms with Crippen molar-refractivity contribution in [2.45, 2.75) is 26.9 Å². The van der Waals surface area contributed by atoms with Gasteiger partial charge in [-0.25, -0.2) is 0 Å². The number of carbonyl (C=O) groups excluding carboxylic acids is 1. The van der Waals surface area contributed by atoms with Crippen molar-refractivity contribution in [1.29, 1.82) is 0 Å². The Labute approximate surface area is 129 Å². The summed E-state index contributed by atoms with van der Waals surface area (Å²) in [6.45, 7) is 7.50. The molecule has 0 spiro atoms. The van der Waals surface area contributed by atoms with Gasteiger partial charge in [-0.3, -0.25) is 4.79 Å². The van der Waals surface area contributed by atoms with Crippen LogP contribution in [0.25, 0.3) is 0 Å². The fourth-order valence-corrected chi connectivity index (χ4v) is 2.76. The Hall–Kier alpha value is -1.07. The number of rotatable bonds is 6. The molecule has 0 aliphatic rings. The standard InChI is InChI=1S/C15H23BrN2O2/c1-5-18(6-2)15(20)10-17(4)12-7-8-13(11(3)19)14(16)9-12/h7-9,11,19H,5-6,10H2,1-4H3. The van der Waals surface area contributed by atoms with Crippen molar-refractivity contribution in [2.24, 2.45) is 0 Å². The van der Waals surface area contributed by atoms with Crippen LogP contribution >= 0.6 is 15.9 Å². The van der Waals surface area contributed by atoms with Crippen LogP contribution in [-0.2, 0) is 4.79 Å². The third kappa shape index (κ3) is 4.21. The number of nitrogens with zero attached hydrogens (tertiary/aromatic N) is 2. The van der Waals surface area contributed by atoms with Crippen molar-refractivity contribution >= 4 is 27.5 Å². The number of carbonyl (C=O) groups is 1. The Kier molecular flexibility index (Phi) is 6.49. The van der Waals surface area contributed by atoms with Gasteiger partial charge in [0, 0.05) is 30.3 Å². The number of hydrogen-bond acceptors (Lipinski definition) is 3. The largest absolute Gasteiger partial charge is 0.389 e. The second-order valence-electron chi connectivity index (χ2n) is 4.80. The zero-order chi connectivity index (χ0) is 15.3. The van der Waals surface area contributed by atoms with Gasteiger partial charge in [0.1, 0.15) is 0 Å². The summed E-state index contributed by atoms with van der Waals surface area (Å²) in [5.41, 5.74) is 1.79. The highest BCUT2D eigenvalue weighted by molar-refractivity contribution is 9.10. The minimum Gasteiger partial charge on any atom is -0.389 e. The third-order valence-corrected chi connectivity index (χ3v) is 4.05. The van der Waals surface area contributed by atoms with Crippen LogP contribution in [0.4, 0.5) is 5.69 Å². The summed E-state index contributed by atoms with van der Waals surface area (Å²) in [7, 11) is 1.89. The Morgan fingerprint density at radius 2 is 1.95 bits per heavy atom. The monoisotopic (exact) mass is 342 g/mol. The fourth-order valence-electron chi connectivity index (χ4n) is 2.06. The second-order valence-corrected chi connectivity index (χ2v) is 5.66. The molecule has 4 nitrogen and oxygen atoms in total. The lowest BCUT2D eigenvalue weighted by Crippen LogP contribution is -2.38. The quantitative estimate of drug-likeness (QED) is 0.864. The number of anilines is 1. The van der Waals surface area contributed by atoms with Crippen LogP contribution in [0.15, 0.2) is 22.7 Å². The van der Waals surface area contributed by atoms with Gasteiger partial charge in [0.05, 0.1) is 12.6 Å². The van der Waals surface area contributed by atoms with Gasteiger partial charge in [0.25, 0.3) is 0 Å². The number of aliphatic hydroxyl groups excluding tert-OH is 1. The molecule has 0 fully saturated rings. The van der Waals surface area contributed by atoms with Gasteiger partial charge in [0.2, 0.25) is 5.91 Å². The predicted octanol–water partition coefficient (Wildman–Crippen LogP) is 2.81. The van der Waals surface area contributed by atoms with E-state index >= 15 is 0 Å². The van der Waals surface area contributed by atoms with Crippen LogP contribution in [0.5, 0.6) is 0 Å². The van der Waals surface area contributed by atoms with Crippen molar-refractivity contribution < 1.29 is 9.90 Å². The molecule has 112 valence electrons. The molecule has 1 aromatic rings. The number of amides is 1. The van der Waals surface area contributed by atoms with Crippen LogP contribution in [0.2, 0.25) is 0 Å². The summed E-state index contributed by atoms with van der Waals surface area (Å²) in [5, 5.41) is 9.61. The van der Waals surface area contributed by atoms with Crippen molar-refractivity contribution in [1.82, 2.24) is 4.90 Å². The fraction of sp³-hybridized carbons (Fsp3) is 0.533. The SMILES string of the molecule is CCN(CC)C(=O)CN(C)c1ccc(C(C)O)c(Br)c1. The van der Waals surface area contributed by atoms with Gasteiger partial charge in [-0.15, -0.1) is 0 Å². The lowest BCUT2D eigenvalue weighted by molar-refractivity contribution is -0.129. The van der Waals surface area contributed by atoms with E-state index in [0.29, 0.717) is 6.54 Å². The number of halogens is 1. The van der Waals surface area contributed by atoms with Crippen molar-refractivity contribution in [3.8, 4) is 0 Å². The maximum Gasteiger partial charge on any atom is 0.242 e. The van der Waals surface area contributed by atoms with E-state index in [1.807, 2.05) is 48.9 Å². The van der Waals surface area contributed by atoms with Gasteiger partial charge in [-0.05, 0) is 38.5 Å². The topological polar surface area (TPSA) is 43.8 Å². The lowest BCUT2D eigenvalue weighted by Gasteiger charge is -2.25. The maximum atomic E-state index is 12.1. The molecule has 1 N–H and O–H groups in total. The summed E-state index contributed by atoms with van der Waals surface area (Å²) >= 11 is 3.46. The van der Waals surface area contributed by atoms with E-state index in [4.69, 9.17) is 0 Å². The van der Waals surface area contributed by atoms with Crippen LogP contribution in [0.3, 0.4) is 0 Å². The van der Waals surface area contributed by atoms with Crippen LogP contribution < -0.4 is 4.90 Å². The molecular weight excluding hydrogens is 320 g/mol. The smallest absolute Gasteiger partial charge is 0.242 e. The van der Waals surface area contributed by atoms with E-state index in [-0.39, 0.29) is 5.91 Å². The average molecular weight is 343 g/mol. The molecule has 0 aliphatic heterocycles. The Balaban J connectivity index is 2.80. The first-order chi connectivity index (χ1) is 9.40. The summed E-state index contributed by atoms with van der Waals surface area (Å²) in [6.07, 6.45) is -0.513. The Morgan fingerprint density at radius 3 is 2.40 bits per heavy atom. The molecule has 1 atom stereocenters. The minimum atomic E-state index is -0.513. The molecule has 1 aromatic carbocycles. The molecule has 0 bridgehead atoms. The zero-order valence-corrected chi connectivity index (χ0v) is 14.1. The molecule has 0 saturated heterocycles.